The van der Waals surface area contributed by atoms with Crippen LogP contribution in [0.5, 0.6) is 0 Å². The number of para-hydroxylation sites is 3. The third-order valence-corrected chi connectivity index (χ3v) is 4.29. The summed E-state index contributed by atoms with van der Waals surface area (Å²) in [6.45, 7) is 0. The van der Waals surface area contributed by atoms with E-state index in [4.69, 9.17) is 0 Å². The number of pyridine rings is 3. The first kappa shape index (κ1) is 22.2. The van der Waals surface area contributed by atoms with Crippen LogP contribution in [0.15, 0.2) is 110 Å². The van der Waals surface area contributed by atoms with Crippen LogP contribution < -0.4 is 0 Å². The average molecular weight is 577 g/mol. The third kappa shape index (κ3) is 6.26. The number of hydrogen-bond donors (Lipinski definition) is 0. The molecule has 0 atom stereocenters. The van der Waals surface area contributed by atoms with Crippen molar-refractivity contribution < 1.29 is 20.1 Å². The molecule has 3 nitrogen and oxygen atoms in total. The molecule has 150 valence electrons. The fourth-order valence-corrected chi connectivity index (χ4v) is 2.85. The first-order valence-electron chi connectivity index (χ1n) is 9.54. The summed E-state index contributed by atoms with van der Waals surface area (Å²) in [4.78, 5) is 12.4. The Balaban J connectivity index is 0.000000130. The second-order valence-electron chi connectivity index (χ2n) is 6.33. The fourth-order valence-electron chi connectivity index (χ4n) is 2.85. The fraction of sp³-hybridized carbons (Fsp3) is 0. The number of hydrogen-bond acceptors (Lipinski definition) is 3. The maximum atomic E-state index is 4.13. The Hall–Kier alpha value is -3.46. The van der Waals surface area contributed by atoms with Crippen LogP contribution in [0.3, 0.4) is 0 Å². The molecule has 3 heterocycles. The maximum Gasteiger partial charge on any atom is 3.00 e. The van der Waals surface area contributed by atoms with E-state index in [0.29, 0.717) is 0 Å². The second-order valence-corrected chi connectivity index (χ2v) is 6.33. The molecule has 0 saturated heterocycles. The van der Waals surface area contributed by atoms with Gasteiger partial charge in [0.2, 0.25) is 0 Å². The molecule has 6 aromatic rings. The largest absolute Gasteiger partial charge is 3.00 e. The predicted molar refractivity (Wildman–Crippen MR) is 122 cm³/mol. The van der Waals surface area contributed by atoms with E-state index >= 15 is 0 Å². The van der Waals surface area contributed by atoms with Crippen molar-refractivity contribution in [3.8, 4) is 0 Å². The molecule has 4 heteroatoms. The summed E-state index contributed by atoms with van der Waals surface area (Å²) in [5, 5.41) is 3.43. The Labute approximate surface area is 195 Å². The van der Waals surface area contributed by atoms with Gasteiger partial charge in [-0.1, -0.05) is 18.2 Å². The molecular weight excluding hydrogens is 559 g/mol. The summed E-state index contributed by atoms with van der Waals surface area (Å²) in [6.07, 6.45) is 5.33. The molecule has 0 aliphatic carbocycles. The zero-order chi connectivity index (χ0) is 20.4. The normalized spacial score (nSPS) is 9.68. The Morgan fingerprint density at radius 3 is 1.00 bits per heavy atom. The van der Waals surface area contributed by atoms with Gasteiger partial charge in [-0.15, -0.1) is 34.4 Å². The number of aromatic nitrogens is 3. The van der Waals surface area contributed by atoms with Crippen LogP contribution in [-0.4, -0.2) is 15.0 Å². The van der Waals surface area contributed by atoms with Crippen molar-refractivity contribution in [1.82, 2.24) is 15.0 Å². The third-order valence-electron chi connectivity index (χ3n) is 4.29. The van der Waals surface area contributed by atoms with E-state index in [1.54, 1.807) is 18.6 Å². The smallest absolute Gasteiger partial charge is 0.283 e. The zero-order valence-electron chi connectivity index (χ0n) is 16.6. The van der Waals surface area contributed by atoms with Gasteiger partial charge in [-0.3, -0.25) is 15.0 Å². The van der Waals surface area contributed by atoms with Crippen molar-refractivity contribution in [1.29, 1.82) is 0 Å². The number of nitrogens with zero attached hydrogens (tertiary/aromatic N) is 3. The molecule has 0 unspecified atom stereocenters. The summed E-state index contributed by atoms with van der Waals surface area (Å²) in [5.74, 6) is 0. The van der Waals surface area contributed by atoms with Gasteiger partial charge in [0, 0.05) is 18.6 Å². The zero-order valence-corrected chi connectivity index (χ0v) is 19.0. The van der Waals surface area contributed by atoms with Crippen LogP contribution in [0, 0.1) is 18.2 Å². The summed E-state index contributed by atoms with van der Waals surface area (Å²) >= 11 is 0. The Morgan fingerprint density at radius 1 is 0.419 bits per heavy atom. The van der Waals surface area contributed by atoms with Gasteiger partial charge in [0.1, 0.15) is 0 Å². The molecule has 0 N–H and O–H groups in total. The first-order chi connectivity index (χ1) is 14.9. The maximum absolute atomic E-state index is 4.13. The van der Waals surface area contributed by atoms with Crippen molar-refractivity contribution in [2.75, 3.05) is 0 Å². The van der Waals surface area contributed by atoms with Gasteiger partial charge in [-0.05, 0) is 16.6 Å². The molecule has 0 spiro atoms. The van der Waals surface area contributed by atoms with Crippen molar-refractivity contribution in [3.63, 3.8) is 0 Å². The van der Waals surface area contributed by atoms with E-state index in [1.807, 2.05) is 91.0 Å². The standard InChI is InChI=1S/3C9H6N.Ir/c3*1-2-6-9-8(4-1)5-3-7-10-9;/h3*1-5,7H;/q3*-1;+3. The molecule has 3 aromatic heterocycles. The monoisotopic (exact) mass is 577 g/mol. The Bertz CT molecular complexity index is 1000. The molecule has 0 aliphatic rings. The minimum absolute atomic E-state index is 0. The van der Waals surface area contributed by atoms with Crippen molar-refractivity contribution in [2.45, 2.75) is 0 Å². The summed E-state index contributed by atoms with van der Waals surface area (Å²) in [7, 11) is 0. The number of rotatable bonds is 0. The molecule has 0 aliphatic heterocycles. The molecule has 0 radical (unpaired) electrons. The van der Waals surface area contributed by atoms with Crippen LogP contribution in [0.25, 0.3) is 32.7 Å². The van der Waals surface area contributed by atoms with Gasteiger partial charge in [0.15, 0.2) is 0 Å². The van der Waals surface area contributed by atoms with E-state index in [9.17, 15) is 0 Å². The summed E-state index contributed by atoms with van der Waals surface area (Å²) in [5.41, 5.74) is 2.81. The molecule has 3 aromatic carbocycles. The van der Waals surface area contributed by atoms with Gasteiger partial charge in [-0.25, -0.2) is 0 Å². The Kier molecular flexibility index (Phi) is 8.36. The number of fused-ring (bicyclic) bond motifs is 3. The molecule has 0 fully saturated rings. The second kappa shape index (κ2) is 11.7. The van der Waals surface area contributed by atoms with Gasteiger partial charge in [0.25, 0.3) is 0 Å². The van der Waals surface area contributed by atoms with Crippen molar-refractivity contribution in [3.05, 3.63) is 128 Å². The van der Waals surface area contributed by atoms with Crippen LogP contribution >= 0.6 is 0 Å². The molecule has 6 rings (SSSR count). The van der Waals surface area contributed by atoms with Gasteiger partial charge in [-0.2, -0.15) is 72.8 Å². The van der Waals surface area contributed by atoms with Crippen LogP contribution in [0.1, 0.15) is 0 Å². The Morgan fingerprint density at radius 2 is 0.710 bits per heavy atom. The van der Waals surface area contributed by atoms with E-state index in [2.05, 4.69) is 33.2 Å². The van der Waals surface area contributed by atoms with Crippen LogP contribution in [-0.2, 0) is 20.1 Å². The van der Waals surface area contributed by atoms with Gasteiger partial charge < -0.3 is 0 Å². The minimum atomic E-state index is 0. The first-order valence-corrected chi connectivity index (χ1v) is 9.54. The molecular formula is C27H18IrN3. The topological polar surface area (TPSA) is 38.7 Å². The van der Waals surface area contributed by atoms with E-state index in [0.717, 1.165) is 32.7 Å². The van der Waals surface area contributed by atoms with Crippen LogP contribution in [0.2, 0.25) is 0 Å². The molecule has 0 saturated carbocycles. The van der Waals surface area contributed by atoms with E-state index in [1.165, 1.54) is 0 Å². The molecule has 0 bridgehead atoms. The van der Waals surface area contributed by atoms with E-state index in [-0.39, 0.29) is 20.1 Å². The molecule has 0 amide bonds. The van der Waals surface area contributed by atoms with E-state index < -0.39 is 0 Å². The predicted octanol–water partition coefficient (Wildman–Crippen LogP) is 6.10. The average Bonchev–Trinajstić information content (AvgIpc) is 2.85. The summed E-state index contributed by atoms with van der Waals surface area (Å²) < 4.78 is 0. The quantitative estimate of drug-likeness (QED) is 0.205. The van der Waals surface area contributed by atoms with Crippen LogP contribution in [0.4, 0.5) is 0 Å². The number of benzene rings is 3. The SMILES string of the molecule is [Ir+3].[c-]1cccc2cccnc12.[c-]1cccc2cccnc12.[c-]1cccc2cccnc12. The van der Waals surface area contributed by atoms with Gasteiger partial charge >= 0.3 is 20.1 Å². The van der Waals surface area contributed by atoms with Crippen molar-refractivity contribution >= 4 is 32.7 Å². The van der Waals surface area contributed by atoms with Gasteiger partial charge in [0.05, 0.1) is 0 Å². The van der Waals surface area contributed by atoms with Crippen molar-refractivity contribution in [2.24, 2.45) is 0 Å². The minimum Gasteiger partial charge on any atom is -0.283 e. The molecule has 31 heavy (non-hydrogen) atoms. The summed E-state index contributed by atoms with van der Waals surface area (Å²) in [6, 6.07) is 38.6.